The van der Waals surface area contributed by atoms with E-state index in [2.05, 4.69) is 17.2 Å². The van der Waals surface area contributed by atoms with E-state index in [-0.39, 0.29) is 18.5 Å². The van der Waals surface area contributed by atoms with Crippen molar-refractivity contribution in [3.63, 3.8) is 0 Å². The zero-order valence-corrected chi connectivity index (χ0v) is 16.1. The molecule has 3 rings (SSSR count). The summed E-state index contributed by atoms with van der Waals surface area (Å²) < 4.78 is 13.5. The molecule has 1 atom stereocenters. The highest BCUT2D eigenvalue weighted by molar-refractivity contribution is 7.11. The van der Waals surface area contributed by atoms with Crippen LogP contribution >= 0.6 is 22.9 Å². The number of benzene rings is 1. The van der Waals surface area contributed by atoms with E-state index in [1.807, 2.05) is 5.38 Å². The van der Waals surface area contributed by atoms with Crippen LogP contribution in [0.25, 0.3) is 0 Å². The van der Waals surface area contributed by atoms with Gasteiger partial charge in [-0.15, -0.1) is 11.3 Å². The van der Waals surface area contributed by atoms with E-state index in [0.29, 0.717) is 10.9 Å². The van der Waals surface area contributed by atoms with Crippen molar-refractivity contribution < 1.29 is 9.50 Å². The third-order valence-corrected chi connectivity index (χ3v) is 5.46. The van der Waals surface area contributed by atoms with Gasteiger partial charge in [0.25, 0.3) is 0 Å². The summed E-state index contributed by atoms with van der Waals surface area (Å²) in [5.74, 6) is 0.351. The molecular formula is C19H21ClFN3OS. The largest absolute Gasteiger partial charge is 0.396 e. The van der Waals surface area contributed by atoms with E-state index in [1.54, 1.807) is 12.3 Å². The number of nitrogens with zero attached hydrogens (tertiary/aromatic N) is 2. The van der Waals surface area contributed by atoms with Crippen molar-refractivity contribution in [1.29, 1.82) is 0 Å². The Morgan fingerprint density at radius 3 is 2.85 bits per heavy atom. The minimum atomic E-state index is -0.359. The number of hydrogen-bond acceptors (Lipinski definition) is 5. The van der Waals surface area contributed by atoms with Gasteiger partial charge in [0.05, 0.1) is 0 Å². The lowest BCUT2D eigenvalue weighted by Gasteiger charge is -2.28. The Hall–Kier alpha value is -1.76. The van der Waals surface area contributed by atoms with E-state index in [1.165, 1.54) is 23.5 Å². The smallest absolute Gasteiger partial charge is 0.163 e. The molecule has 2 heterocycles. The van der Waals surface area contributed by atoms with Crippen LogP contribution in [0.4, 0.5) is 4.39 Å². The Kier molecular flexibility index (Phi) is 6.40. The number of thiazole rings is 1. The summed E-state index contributed by atoms with van der Waals surface area (Å²) in [6, 6.07) is 4.19. The normalized spacial score (nSPS) is 17.2. The van der Waals surface area contributed by atoms with Gasteiger partial charge in [-0.05, 0) is 49.0 Å². The van der Waals surface area contributed by atoms with Gasteiger partial charge in [-0.2, -0.15) is 0 Å². The van der Waals surface area contributed by atoms with Crippen molar-refractivity contribution in [3.8, 4) is 0 Å². The minimum Gasteiger partial charge on any atom is -0.396 e. The van der Waals surface area contributed by atoms with Gasteiger partial charge >= 0.3 is 0 Å². The molecular weight excluding hydrogens is 373 g/mol. The van der Waals surface area contributed by atoms with Crippen LogP contribution in [0.5, 0.6) is 0 Å². The molecule has 1 aliphatic heterocycles. The maximum absolute atomic E-state index is 13.5. The number of aliphatic hydroxyl groups excluding tert-OH is 1. The number of hydrogen-bond donors (Lipinski definition) is 2. The Bertz CT molecular complexity index is 820. The highest BCUT2D eigenvalue weighted by Gasteiger charge is 2.27. The van der Waals surface area contributed by atoms with Crippen LogP contribution in [0.2, 0.25) is 5.02 Å². The lowest BCUT2D eigenvalue weighted by Crippen LogP contribution is -2.31. The van der Waals surface area contributed by atoms with Crippen LogP contribution in [0, 0.1) is 5.82 Å². The molecule has 2 N–H and O–H groups in total. The van der Waals surface area contributed by atoms with E-state index in [4.69, 9.17) is 21.7 Å². The predicted octanol–water partition coefficient (Wildman–Crippen LogP) is 4.85. The second kappa shape index (κ2) is 8.75. The fraction of sp³-hybridized carbons (Fsp3) is 0.368. The minimum absolute atomic E-state index is 0.176. The van der Waals surface area contributed by atoms with Crippen LogP contribution in [-0.4, -0.2) is 22.5 Å². The Morgan fingerprint density at radius 1 is 1.35 bits per heavy atom. The summed E-state index contributed by atoms with van der Waals surface area (Å²) in [4.78, 5) is 9.21. The Balaban J connectivity index is 2.03. The second-order valence-electron chi connectivity index (χ2n) is 6.05. The topological polar surface area (TPSA) is 57.5 Å². The van der Waals surface area contributed by atoms with Gasteiger partial charge in [-0.3, -0.25) is 4.99 Å². The summed E-state index contributed by atoms with van der Waals surface area (Å²) in [6.07, 6.45) is 4.97. The average Bonchev–Trinajstić information content (AvgIpc) is 3.16. The number of aliphatic hydroxyl groups is 1. The number of rotatable bonds is 7. The number of aromatic nitrogens is 1. The molecule has 1 aromatic carbocycles. The van der Waals surface area contributed by atoms with Crippen molar-refractivity contribution in [3.05, 3.63) is 62.5 Å². The Labute approximate surface area is 161 Å². The number of halogens is 2. The first kappa shape index (κ1) is 19.0. The predicted molar refractivity (Wildman–Crippen MR) is 104 cm³/mol. The van der Waals surface area contributed by atoms with Crippen molar-refractivity contribution in [2.75, 3.05) is 6.61 Å². The molecule has 0 aliphatic carbocycles. The van der Waals surface area contributed by atoms with E-state index in [0.717, 1.165) is 47.5 Å². The zero-order chi connectivity index (χ0) is 18.5. The first-order valence-corrected chi connectivity index (χ1v) is 9.92. The molecule has 0 saturated heterocycles. The molecule has 0 saturated carbocycles. The van der Waals surface area contributed by atoms with Gasteiger partial charge in [0, 0.05) is 28.9 Å². The number of amidine groups is 1. The molecule has 138 valence electrons. The standard InChI is InChI=1S/C19H21ClFN3OS/c1-2-13-16(5-3-4-9-25)23-18(19-22-8-10-26-19)24-17(13)14-7-6-12(21)11-15(14)20/h6-8,10-11,17,25H,2-5,9H2,1H3,(H,23,24). The summed E-state index contributed by atoms with van der Waals surface area (Å²) in [6.45, 7) is 2.26. The van der Waals surface area contributed by atoms with Crippen LogP contribution in [0.15, 0.2) is 46.0 Å². The lowest BCUT2D eigenvalue weighted by atomic mass is 9.92. The first-order chi connectivity index (χ1) is 12.6. The van der Waals surface area contributed by atoms with Crippen LogP contribution in [-0.2, 0) is 0 Å². The van der Waals surface area contributed by atoms with Crippen LogP contribution in [0.1, 0.15) is 49.2 Å². The number of allylic oxidation sites excluding steroid dienone is 1. The molecule has 0 amide bonds. The molecule has 0 bridgehead atoms. The fourth-order valence-corrected chi connectivity index (χ4v) is 3.96. The van der Waals surface area contributed by atoms with Gasteiger partial charge < -0.3 is 10.4 Å². The van der Waals surface area contributed by atoms with E-state index in [9.17, 15) is 4.39 Å². The van der Waals surface area contributed by atoms with Crippen molar-refractivity contribution in [2.24, 2.45) is 4.99 Å². The van der Waals surface area contributed by atoms with Crippen molar-refractivity contribution in [1.82, 2.24) is 10.3 Å². The summed E-state index contributed by atoms with van der Waals surface area (Å²) in [7, 11) is 0. The Morgan fingerprint density at radius 2 is 2.19 bits per heavy atom. The van der Waals surface area contributed by atoms with Gasteiger partial charge in [0.2, 0.25) is 0 Å². The fourth-order valence-electron chi connectivity index (χ4n) is 3.10. The third kappa shape index (κ3) is 4.14. The molecule has 4 nitrogen and oxygen atoms in total. The van der Waals surface area contributed by atoms with Gasteiger partial charge in [-0.25, -0.2) is 9.37 Å². The maximum atomic E-state index is 13.5. The van der Waals surface area contributed by atoms with Gasteiger partial charge in [0.1, 0.15) is 11.9 Å². The molecule has 7 heteroatoms. The number of nitrogens with one attached hydrogen (secondary N) is 1. The molecule has 0 fully saturated rings. The molecule has 1 aliphatic rings. The first-order valence-electron chi connectivity index (χ1n) is 8.66. The van der Waals surface area contributed by atoms with E-state index < -0.39 is 0 Å². The summed E-state index contributed by atoms with van der Waals surface area (Å²) >= 11 is 7.85. The second-order valence-corrected chi connectivity index (χ2v) is 7.35. The summed E-state index contributed by atoms with van der Waals surface area (Å²) in [5, 5.41) is 15.6. The highest BCUT2D eigenvalue weighted by Crippen LogP contribution is 2.38. The third-order valence-electron chi connectivity index (χ3n) is 4.35. The molecule has 26 heavy (non-hydrogen) atoms. The van der Waals surface area contributed by atoms with Crippen LogP contribution < -0.4 is 5.32 Å². The monoisotopic (exact) mass is 393 g/mol. The molecule has 1 unspecified atom stereocenters. The molecule has 0 spiro atoms. The lowest BCUT2D eigenvalue weighted by molar-refractivity contribution is 0.284. The number of unbranched alkanes of at least 4 members (excludes halogenated alkanes) is 1. The zero-order valence-electron chi connectivity index (χ0n) is 14.5. The molecule has 2 aromatic rings. The average molecular weight is 394 g/mol. The molecule has 1 aromatic heterocycles. The van der Waals surface area contributed by atoms with Gasteiger partial charge in [0.15, 0.2) is 10.8 Å². The quantitative estimate of drug-likeness (QED) is 0.661. The molecule has 0 radical (unpaired) electrons. The van der Waals surface area contributed by atoms with Gasteiger partial charge in [-0.1, -0.05) is 24.6 Å². The van der Waals surface area contributed by atoms with Crippen molar-refractivity contribution in [2.45, 2.75) is 38.6 Å². The highest BCUT2D eigenvalue weighted by atomic mass is 35.5. The summed E-state index contributed by atoms with van der Waals surface area (Å²) in [5.41, 5.74) is 3.02. The van der Waals surface area contributed by atoms with E-state index >= 15 is 0 Å². The number of aliphatic imine (C=N–C) groups is 1. The van der Waals surface area contributed by atoms with Crippen LogP contribution in [0.3, 0.4) is 0 Å². The SMILES string of the molecule is CCC1=C(CCCCO)NC(c2nccs2)=NC1c1ccc(F)cc1Cl. The van der Waals surface area contributed by atoms with Crippen molar-refractivity contribution >= 4 is 28.8 Å². The maximum Gasteiger partial charge on any atom is 0.163 e.